The highest BCUT2D eigenvalue weighted by molar-refractivity contribution is 6.30. The molecule has 2 aromatic carbocycles. The number of ether oxygens (including phenoxy) is 1. The molecule has 210 valence electrons. The van der Waals surface area contributed by atoms with Crippen LogP contribution in [0.3, 0.4) is 0 Å². The van der Waals surface area contributed by atoms with E-state index < -0.39 is 0 Å². The molecular formula is C29H41Cl3N4O2. The number of carbonyl (C=O) groups excluding carboxylic acids is 1. The Morgan fingerprint density at radius 2 is 1.92 bits per heavy atom. The van der Waals surface area contributed by atoms with E-state index in [1.54, 1.807) is 0 Å². The van der Waals surface area contributed by atoms with Crippen molar-refractivity contribution in [3.63, 3.8) is 0 Å². The highest BCUT2D eigenvalue weighted by Crippen LogP contribution is 2.23. The molecule has 2 heterocycles. The molecule has 1 fully saturated rings. The molecule has 1 aliphatic rings. The number of carbonyl (C=O) groups is 1. The van der Waals surface area contributed by atoms with Gasteiger partial charge in [0.2, 0.25) is 5.91 Å². The van der Waals surface area contributed by atoms with E-state index in [0.717, 1.165) is 54.1 Å². The Balaban J connectivity index is 0.00000253. The molecule has 1 aliphatic heterocycles. The van der Waals surface area contributed by atoms with E-state index in [0.29, 0.717) is 24.2 Å². The van der Waals surface area contributed by atoms with Crippen LogP contribution in [-0.4, -0.2) is 46.0 Å². The third kappa shape index (κ3) is 8.51. The van der Waals surface area contributed by atoms with Crippen LogP contribution >= 0.6 is 36.4 Å². The summed E-state index contributed by atoms with van der Waals surface area (Å²) in [6, 6.07) is 14.2. The highest BCUT2D eigenvalue weighted by atomic mass is 35.5. The van der Waals surface area contributed by atoms with Crippen LogP contribution in [0.5, 0.6) is 5.75 Å². The predicted molar refractivity (Wildman–Crippen MR) is 161 cm³/mol. The summed E-state index contributed by atoms with van der Waals surface area (Å²) < 4.78 is 8.20. The van der Waals surface area contributed by atoms with Crippen LogP contribution in [0.1, 0.15) is 57.3 Å². The van der Waals surface area contributed by atoms with Gasteiger partial charge in [0.15, 0.2) is 0 Å². The molecule has 0 spiro atoms. The van der Waals surface area contributed by atoms with Crippen molar-refractivity contribution in [2.75, 3.05) is 19.6 Å². The average Bonchev–Trinajstić information content (AvgIpc) is 3.24. The molecular weight excluding hydrogens is 543 g/mol. The van der Waals surface area contributed by atoms with E-state index >= 15 is 0 Å². The van der Waals surface area contributed by atoms with Gasteiger partial charge in [-0.25, -0.2) is 4.98 Å². The minimum atomic E-state index is -0.0776. The van der Waals surface area contributed by atoms with Gasteiger partial charge in [-0.2, -0.15) is 0 Å². The number of likely N-dealkylation sites (tertiary alicyclic amines) is 1. The molecule has 3 aromatic rings. The Hall–Kier alpha value is -1.99. The number of amides is 1. The van der Waals surface area contributed by atoms with Crippen molar-refractivity contribution in [2.45, 2.75) is 72.1 Å². The normalized spacial score (nSPS) is 16.4. The Kier molecular flexibility index (Phi) is 13.2. The van der Waals surface area contributed by atoms with E-state index in [9.17, 15) is 4.79 Å². The number of hydrogen-bond donors (Lipinski definition) is 1. The van der Waals surface area contributed by atoms with Crippen molar-refractivity contribution in [2.24, 2.45) is 5.92 Å². The molecule has 0 aliphatic carbocycles. The van der Waals surface area contributed by atoms with Gasteiger partial charge in [0, 0.05) is 36.6 Å². The van der Waals surface area contributed by atoms with Crippen molar-refractivity contribution in [3.05, 3.63) is 58.9 Å². The number of para-hydroxylation sites is 1. The zero-order valence-corrected chi connectivity index (χ0v) is 25.0. The van der Waals surface area contributed by atoms with Gasteiger partial charge in [0.05, 0.1) is 11.0 Å². The molecule has 1 N–H and O–H groups in total. The van der Waals surface area contributed by atoms with Gasteiger partial charge in [-0.05, 0) is 82.0 Å². The Morgan fingerprint density at radius 1 is 1.16 bits per heavy atom. The zero-order chi connectivity index (χ0) is 25.5. The smallest absolute Gasteiger partial charge is 0.222 e. The van der Waals surface area contributed by atoms with E-state index in [4.69, 9.17) is 21.3 Å². The maximum atomic E-state index is 12.8. The van der Waals surface area contributed by atoms with Crippen LogP contribution in [0.2, 0.25) is 5.02 Å². The molecule has 6 nitrogen and oxygen atoms in total. The maximum absolute atomic E-state index is 12.8. The number of halogens is 3. The maximum Gasteiger partial charge on any atom is 0.222 e. The molecule has 2 atom stereocenters. The number of fused-ring (bicyclic) bond motifs is 1. The van der Waals surface area contributed by atoms with Crippen molar-refractivity contribution < 1.29 is 9.53 Å². The zero-order valence-electron chi connectivity index (χ0n) is 22.6. The van der Waals surface area contributed by atoms with Crippen molar-refractivity contribution in [3.8, 4) is 5.75 Å². The first-order valence-corrected chi connectivity index (χ1v) is 13.6. The highest BCUT2D eigenvalue weighted by Gasteiger charge is 2.19. The number of imidazole rings is 1. The second kappa shape index (κ2) is 15.6. The third-order valence-electron chi connectivity index (χ3n) is 7.34. The lowest BCUT2D eigenvalue weighted by Crippen LogP contribution is -2.39. The summed E-state index contributed by atoms with van der Waals surface area (Å²) in [5.74, 6) is 1.66. The SMILES string of the molecule is Cc1cccc2c1nc(COc1ccc(Cl)cc1)n2CCC(C)C(=O)NCCCN1CCCCC1C.Cl.Cl. The molecule has 2 unspecified atom stereocenters. The fraction of sp³-hybridized carbons (Fsp3) is 0.517. The van der Waals surface area contributed by atoms with E-state index in [1.807, 2.05) is 31.2 Å². The van der Waals surface area contributed by atoms with Crippen molar-refractivity contribution in [1.29, 1.82) is 0 Å². The second-order valence-electron chi connectivity index (χ2n) is 10.1. The number of nitrogens with one attached hydrogen (secondary N) is 1. The van der Waals surface area contributed by atoms with Crippen LogP contribution in [0.4, 0.5) is 0 Å². The molecule has 0 radical (unpaired) electrons. The van der Waals surface area contributed by atoms with Crippen LogP contribution in [0, 0.1) is 12.8 Å². The summed E-state index contributed by atoms with van der Waals surface area (Å²) in [7, 11) is 0. The molecule has 9 heteroatoms. The van der Waals surface area contributed by atoms with Crippen LogP contribution in [-0.2, 0) is 17.9 Å². The van der Waals surface area contributed by atoms with Gasteiger partial charge in [0.25, 0.3) is 0 Å². The van der Waals surface area contributed by atoms with E-state index in [1.165, 1.54) is 25.8 Å². The summed E-state index contributed by atoms with van der Waals surface area (Å²) >= 11 is 6.00. The monoisotopic (exact) mass is 582 g/mol. The second-order valence-corrected chi connectivity index (χ2v) is 10.5. The summed E-state index contributed by atoms with van der Waals surface area (Å²) in [4.78, 5) is 20.2. The predicted octanol–water partition coefficient (Wildman–Crippen LogP) is 6.83. The van der Waals surface area contributed by atoms with E-state index in [2.05, 4.69) is 46.8 Å². The van der Waals surface area contributed by atoms with Gasteiger partial charge < -0.3 is 19.5 Å². The van der Waals surface area contributed by atoms with E-state index in [-0.39, 0.29) is 36.6 Å². The lowest BCUT2D eigenvalue weighted by atomic mass is 10.0. The number of piperidine rings is 1. The first kappa shape index (κ1) is 32.2. The lowest BCUT2D eigenvalue weighted by molar-refractivity contribution is -0.124. The molecule has 0 bridgehead atoms. The fourth-order valence-electron chi connectivity index (χ4n) is 4.99. The fourth-order valence-corrected chi connectivity index (χ4v) is 5.11. The van der Waals surface area contributed by atoms with Gasteiger partial charge in [-0.3, -0.25) is 4.79 Å². The number of aryl methyl sites for hydroxylation is 2. The van der Waals surface area contributed by atoms with Gasteiger partial charge in [-0.1, -0.05) is 37.1 Å². The van der Waals surface area contributed by atoms with Gasteiger partial charge >= 0.3 is 0 Å². The molecule has 0 saturated carbocycles. The Morgan fingerprint density at radius 3 is 2.66 bits per heavy atom. The molecule has 4 rings (SSSR count). The first-order valence-electron chi connectivity index (χ1n) is 13.3. The summed E-state index contributed by atoms with van der Waals surface area (Å²) in [6.07, 6.45) is 5.66. The van der Waals surface area contributed by atoms with Crippen LogP contribution in [0.25, 0.3) is 11.0 Å². The topological polar surface area (TPSA) is 59.4 Å². The average molecular weight is 584 g/mol. The molecule has 38 heavy (non-hydrogen) atoms. The summed E-state index contributed by atoms with van der Waals surface area (Å²) in [5, 5.41) is 3.83. The largest absolute Gasteiger partial charge is 0.486 e. The quantitative estimate of drug-likeness (QED) is 0.252. The molecule has 1 saturated heterocycles. The number of rotatable bonds is 11. The Bertz CT molecular complexity index is 1150. The van der Waals surface area contributed by atoms with Gasteiger partial charge in [0.1, 0.15) is 18.2 Å². The minimum absolute atomic E-state index is 0. The van der Waals surface area contributed by atoms with Crippen LogP contribution in [0.15, 0.2) is 42.5 Å². The number of aromatic nitrogens is 2. The number of benzene rings is 2. The van der Waals surface area contributed by atoms with Crippen molar-refractivity contribution in [1.82, 2.24) is 19.8 Å². The number of hydrogen-bond acceptors (Lipinski definition) is 4. The number of nitrogens with zero attached hydrogens (tertiary/aromatic N) is 3. The molecule has 1 amide bonds. The first-order chi connectivity index (χ1) is 17.4. The molecule has 1 aromatic heterocycles. The third-order valence-corrected chi connectivity index (χ3v) is 7.59. The summed E-state index contributed by atoms with van der Waals surface area (Å²) in [5.41, 5.74) is 3.19. The lowest BCUT2D eigenvalue weighted by Gasteiger charge is -2.33. The van der Waals surface area contributed by atoms with Crippen molar-refractivity contribution >= 4 is 53.4 Å². The van der Waals surface area contributed by atoms with Crippen LogP contribution < -0.4 is 10.1 Å². The Labute approximate surface area is 244 Å². The summed E-state index contributed by atoms with van der Waals surface area (Å²) in [6.45, 7) is 10.4. The van der Waals surface area contributed by atoms with Gasteiger partial charge in [-0.15, -0.1) is 24.8 Å². The minimum Gasteiger partial charge on any atom is -0.486 e. The standard InChI is InChI=1S/C29H39ClN4O2.2ClH/c1-21-8-6-10-26-28(21)32-27(20-36-25-13-11-24(30)12-14-25)34(26)19-15-22(2)29(35)31-16-7-18-33-17-5-4-9-23(33)3;;/h6,8,10-14,22-23H,4-5,7,9,15-20H2,1-3H3,(H,31,35);2*1H.